The van der Waals surface area contributed by atoms with Crippen molar-refractivity contribution < 1.29 is 13.2 Å². The van der Waals surface area contributed by atoms with Crippen molar-refractivity contribution in [3.8, 4) is 0 Å². The molecule has 0 saturated carbocycles. The number of nitrogen functional groups attached to an aromatic ring is 1. The van der Waals surface area contributed by atoms with Gasteiger partial charge in [0.05, 0.1) is 23.6 Å². The molecule has 0 amide bonds. The lowest BCUT2D eigenvalue weighted by molar-refractivity contribution is 0.199. The van der Waals surface area contributed by atoms with Crippen molar-refractivity contribution in [2.75, 3.05) is 31.0 Å². The number of pyridine rings is 1. The Labute approximate surface area is 168 Å². The summed E-state index contributed by atoms with van der Waals surface area (Å²) in [5, 5.41) is 0. The Morgan fingerprint density at radius 2 is 1.79 bits per heavy atom. The van der Waals surface area contributed by atoms with E-state index >= 15 is 0 Å². The third-order valence-corrected chi connectivity index (χ3v) is 6.97. The summed E-state index contributed by atoms with van der Waals surface area (Å²) in [6.07, 6.45) is 4.83. The normalized spacial score (nSPS) is 12.1. The van der Waals surface area contributed by atoms with Gasteiger partial charge in [0, 0.05) is 25.8 Å². The highest BCUT2D eigenvalue weighted by atomic mass is 32.2. The fraction of sp³-hybridized carbons (Fsp3) is 0.700. The molecule has 0 radical (unpaired) electrons. The Balaban J connectivity index is 2.10. The van der Waals surface area contributed by atoms with Crippen molar-refractivity contribution >= 4 is 26.7 Å². The van der Waals surface area contributed by atoms with E-state index < -0.39 is 9.84 Å². The first kappa shape index (κ1) is 22.6. The largest absolute Gasteiger partial charge is 0.384 e. The van der Waals surface area contributed by atoms with Gasteiger partial charge in [-0.05, 0) is 38.7 Å². The second-order valence-electron chi connectivity index (χ2n) is 7.39. The number of unbranched alkanes of at least 4 members (excludes halogenated alkanes) is 3. The second-order valence-corrected chi connectivity index (χ2v) is 9.70. The third kappa shape index (κ3) is 5.67. The first-order valence-corrected chi connectivity index (χ1v) is 11.9. The molecule has 0 unspecified atom stereocenters. The molecule has 28 heavy (non-hydrogen) atoms. The highest BCUT2D eigenvalue weighted by Gasteiger charge is 2.17. The predicted octanol–water partition coefficient (Wildman–Crippen LogP) is 3.20. The molecule has 2 aromatic heterocycles. The fourth-order valence-electron chi connectivity index (χ4n) is 3.41. The minimum Gasteiger partial charge on any atom is -0.384 e. The van der Waals surface area contributed by atoms with Crippen molar-refractivity contribution in [2.45, 2.75) is 65.8 Å². The van der Waals surface area contributed by atoms with Crippen molar-refractivity contribution in [1.82, 2.24) is 14.5 Å². The second kappa shape index (κ2) is 10.2. The Bertz CT molecular complexity index is 891. The predicted molar refractivity (Wildman–Crippen MR) is 114 cm³/mol. The highest BCUT2D eigenvalue weighted by Crippen LogP contribution is 2.26. The van der Waals surface area contributed by atoms with E-state index in [1.165, 1.54) is 0 Å². The van der Waals surface area contributed by atoms with Crippen LogP contribution >= 0.6 is 0 Å². The monoisotopic (exact) mass is 410 g/mol. The zero-order valence-corrected chi connectivity index (χ0v) is 18.4. The molecule has 0 bridgehead atoms. The van der Waals surface area contributed by atoms with Crippen LogP contribution in [0.3, 0.4) is 0 Å². The molecule has 2 N–H and O–H groups in total. The number of sulfone groups is 1. The van der Waals surface area contributed by atoms with Gasteiger partial charge in [-0.2, -0.15) is 0 Å². The Kier molecular flexibility index (Phi) is 8.24. The third-order valence-electron chi connectivity index (χ3n) is 5.15. The molecule has 0 aliphatic carbocycles. The van der Waals surface area contributed by atoms with Gasteiger partial charge in [0.1, 0.15) is 21.2 Å². The zero-order valence-electron chi connectivity index (χ0n) is 17.6. The first-order chi connectivity index (χ1) is 13.3. The molecular weight excluding hydrogens is 376 g/mol. The molecule has 0 aliphatic heterocycles. The van der Waals surface area contributed by atoms with Crippen molar-refractivity contribution in [3.05, 3.63) is 17.1 Å². The van der Waals surface area contributed by atoms with Gasteiger partial charge in [0.2, 0.25) is 0 Å². The maximum absolute atomic E-state index is 12.0. The number of imidazole rings is 1. The van der Waals surface area contributed by atoms with E-state index in [9.17, 15) is 8.42 Å². The lowest BCUT2D eigenvalue weighted by Crippen LogP contribution is -2.12. The molecule has 8 heteroatoms. The number of nitrogens with zero attached hydrogens (tertiary/aromatic N) is 3. The van der Waals surface area contributed by atoms with Crippen LogP contribution in [0.15, 0.2) is 0 Å². The topological polar surface area (TPSA) is 100 Å². The number of aryl methyl sites for hydroxylation is 3. The van der Waals surface area contributed by atoms with Gasteiger partial charge >= 0.3 is 0 Å². The van der Waals surface area contributed by atoms with E-state index in [4.69, 9.17) is 15.5 Å². The summed E-state index contributed by atoms with van der Waals surface area (Å²) in [4.78, 5) is 9.12. The van der Waals surface area contributed by atoms with Gasteiger partial charge in [-0.25, -0.2) is 18.4 Å². The molecule has 2 rings (SSSR count). The summed E-state index contributed by atoms with van der Waals surface area (Å²) in [5.74, 6) is 1.98. The van der Waals surface area contributed by atoms with Gasteiger partial charge in [0.15, 0.2) is 5.82 Å². The van der Waals surface area contributed by atoms with E-state index in [0.717, 1.165) is 60.3 Å². The summed E-state index contributed by atoms with van der Waals surface area (Å²) < 4.78 is 31.4. The van der Waals surface area contributed by atoms with Crippen LogP contribution in [0.2, 0.25) is 0 Å². The van der Waals surface area contributed by atoms with Gasteiger partial charge in [-0.15, -0.1) is 0 Å². The van der Waals surface area contributed by atoms with E-state index in [-0.39, 0.29) is 5.75 Å². The smallest absolute Gasteiger partial charge is 0.151 e. The maximum atomic E-state index is 12.0. The lowest BCUT2D eigenvalue weighted by Gasteiger charge is -2.12. The Morgan fingerprint density at radius 1 is 1.07 bits per heavy atom. The lowest BCUT2D eigenvalue weighted by atomic mass is 10.2. The van der Waals surface area contributed by atoms with Crippen LogP contribution in [0.4, 0.5) is 5.82 Å². The average molecular weight is 411 g/mol. The van der Waals surface area contributed by atoms with Crippen LogP contribution in [0.25, 0.3) is 11.0 Å². The molecule has 0 saturated heterocycles. The van der Waals surface area contributed by atoms with Crippen LogP contribution in [0, 0.1) is 13.8 Å². The number of rotatable bonds is 12. The van der Waals surface area contributed by atoms with Crippen LogP contribution in [0.1, 0.15) is 56.1 Å². The molecular formula is C20H34N4O3S. The average Bonchev–Trinajstić information content (AvgIpc) is 3.01. The first-order valence-electron chi connectivity index (χ1n) is 10.1. The zero-order chi connectivity index (χ0) is 20.7. The number of hydrogen-bond donors (Lipinski definition) is 1. The van der Waals surface area contributed by atoms with Gasteiger partial charge in [0.25, 0.3) is 0 Å². The highest BCUT2D eigenvalue weighted by molar-refractivity contribution is 7.91. The molecule has 0 fully saturated rings. The minimum absolute atomic E-state index is 0.281. The van der Waals surface area contributed by atoms with Crippen molar-refractivity contribution in [1.29, 1.82) is 0 Å². The van der Waals surface area contributed by atoms with Gasteiger partial charge in [-0.3, -0.25) is 0 Å². The number of ether oxygens (including phenoxy) is 1. The summed E-state index contributed by atoms with van der Waals surface area (Å²) >= 11 is 0. The molecule has 158 valence electrons. The number of fused-ring (bicyclic) bond motifs is 1. The van der Waals surface area contributed by atoms with E-state index in [1.54, 1.807) is 7.11 Å². The summed E-state index contributed by atoms with van der Waals surface area (Å²) in [6, 6.07) is 0. The van der Waals surface area contributed by atoms with Gasteiger partial charge < -0.3 is 15.0 Å². The van der Waals surface area contributed by atoms with Crippen LogP contribution in [-0.2, 0) is 27.5 Å². The van der Waals surface area contributed by atoms with Crippen LogP contribution in [0.5, 0.6) is 0 Å². The molecule has 0 aromatic carbocycles. The SMILES string of the molecule is CCCCS(=O)(=O)CCCCCn1c(CCOC)nc2c(N)nc(C)c(C)c21. The molecule has 2 aromatic rings. The van der Waals surface area contributed by atoms with E-state index in [0.29, 0.717) is 31.0 Å². The van der Waals surface area contributed by atoms with E-state index in [1.807, 2.05) is 20.8 Å². The Morgan fingerprint density at radius 3 is 2.46 bits per heavy atom. The number of nitrogens with two attached hydrogens (primary N) is 1. The van der Waals surface area contributed by atoms with Crippen LogP contribution < -0.4 is 5.73 Å². The Hall–Kier alpha value is -1.67. The number of methoxy groups -OCH3 is 1. The number of hydrogen-bond acceptors (Lipinski definition) is 6. The molecule has 0 aliphatic rings. The minimum atomic E-state index is -2.91. The van der Waals surface area contributed by atoms with E-state index in [2.05, 4.69) is 9.55 Å². The number of anilines is 1. The van der Waals surface area contributed by atoms with Crippen molar-refractivity contribution in [2.24, 2.45) is 0 Å². The fourth-order valence-corrected chi connectivity index (χ4v) is 4.98. The van der Waals surface area contributed by atoms with Crippen LogP contribution in [-0.4, -0.2) is 48.2 Å². The molecule has 7 nitrogen and oxygen atoms in total. The maximum Gasteiger partial charge on any atom is 0.151 e. The molecule has 0 spiro atoms. The number of aromatic nitrogens is 3. The quantitative estimate of drug-likeness (QED) is 0.539. The summed E-state index contributed by atoms with van der Waals surface area (Å²) in [6.45, 7) is 7.39. The van der Waals surface area contributed by atoms with Crippen molar-refractivity contribution in [3.63, 3.8) is 0 Å². The molecule has 0 atom stereocenters. The summed E-state index contributed by atoms with van der Waals surface area (Å²) in [7, 11) is -1.23. The molecule has 2 heterocycles. The van der Waals surface area contributed by atoms with Gasteiger partial charge in [-0.1, -0.05) is 19.8 Å². The standard InChI is InChI=1S/C20H34N4O3S/c1-5-6-13-28(25,26)14-9-7-8-11-24-17(10-12-27-4)23-18-19(24)15(2)16(3)22-20(18)21/h5-14H2,1-4H3,(H2,21,22). The summed E-state index contributed by atoms with van der Waals surface area (Å²) in [5.41, 5.74) is 9.89.